The van der Waals surface area contributed by atoms with Crippen LogP contribution >= 0.6 is 0 Å². The molecule has 2 aromatic rings. The van der Waals surface area contributed by atoms with Gasteiger partial charge in [-0.1, -0.05) is 12.1 Å². The van der Waals surface area contributed by atoms with Gasteiger partial charge in [0.25, 0.3) is 0 Å². The molecule has 0 radical (unpaired) electrons. The van der Waals surface area contributed by atoms with Crippen molar-refractivity contribution in [2.45, 2.75) is 12.5 Å². The standard InChI is InChI=1S/C11H15N3O/c1-14-10-5-3-2-4-9(10)13-11(14)6-8(15)7-12/h2-5,8,15H,6-7,12H2,1H3. The van der Waals surface area contributed by atoms with Crippen molar-refractivity contribution in [3.8, 4) is 0 Å². The number of nitrogens with zero attached hydrogens (tertiary/aromatic N) is 2. The molecule has 0 aliphatic heterocycles. The van der Waals surface area contributed by atoms with E-state index in [9.17, 15) is 5.11 Å². The molecular formula is C11H15N3O. The smallest absolute Gasteiger partial charge is 0.112 e. The fraction of sp³-hybridized carbons (Fsp3) is 0.364. The Balaban J connectivity index is 2.40. The highest BCUT2D eigenvalue weighted by molar-refractivity contribution is 5.75. The van der Waals surface area contributed by atoms with Crippen LogP contribution in [0.1, 0.15) is 5.82 Å². The molecule has 1 atom stereocenters. The number of nitrogens with two attached hydrogens (primary N) is 1. The molecule has 1 unspecified atom stereocenters. The molecule has 0 aliphatic carbocycles. The Kier molecular flexibility index (Phi) is 2.70. The van der Waals surface area contributed by atoms with Gasteiger partial charge in [-0.3, -0.25) is 0 Å². The molecule has 4 heteroatoms. The van der Waals surface area contributed by atoms with Crippen LogP contribution in [-0.2, 0) is 13.5 Å². The van der Waals surface area contributed by atoms with Gasteiger partial charge in [0.05, 0.1) is 17.1 Å². The number of aryl methyl sites for hydroxylation is 1. The van der Waals surface area contributed by atoms with E-state index < -0.39 is 6.10 Å². The van der Waals surface area contributed by atoms with E-state index in [0.29, 0.717) is 6.42 Å². The van der Waals surface area contributed by atoms with Crippen molar-refractivity contribution < 1.29 is 5.11 Å². The molecule has 0 aliphatic rings. The molecule has 0 saturated heterocycles. The quantitative estimate of drug-likeness (QED) is 0.764. The van der Waals surface area contributed by atoms with Crippen LogP contribution in [0.2, 0.25) is 0 Å². The fourth-order valence-corrected chi connectivity index (χ4v) is 1.67. The van der Waals surface area contributed by atoms with E-state index in [1.807, 2.05) is 35.9 Å². The largest absolute Gasteiger partial charge is 0.391 e. The van der Waals surface area contributed by atoms with Gasteiger partial charge >= 0.3 is 0 Å². The van der Waals surface area contributed by atoms with Gasteiger partial charge in [-0.25, -0.2) is 4.98 Å². The Hall–Kier alpha value is -1.39. The molecule has 1 aromatic heterocycles. The van der Waals surface area contributed by atoms with E-state index in [1.54, 1.807) is 0 Å². The molecule has 4 nitrogen and oxygen atoms in total. The zero-order valence-electron chi connectivity index (χ0n) is 8.72. The minimum absolute atomic E-state index is 0.267. The first-order valence-electron chi connectivity index (χ1n) is 5.01. The number of hydrogen-bond donors (Lipinski definition) is 2. The summed E-state index contributed by atoms with van der Waals surface area (Å²) in [6.07, 6.45) is -0.0117. The highest BCUT2D eigenvalue weighted by Gasteiger charge is 2.10. The SMILES string of the molecule is Cn1c(CC(O)CN)nc2ccccc21. The van der Waals surface area contributed by atoms with E-state index in [-0.39, 0.29) is 6.54 Å². The molecule has 15 heavy (non-hydrogen) atoms. The third-order valence-corrected chi connectivity index (χ3v) is 2.57. The van der Waals surface area contributed by atoms with Crippen LogP contribution in [0.15, 0.2) is 24.3 Å². The van der Waals surface area contributed by atoms with Crippen LogP contribution in [0.25, 0.3) is 11.0 Å². The van der Waals surface area contributed by atoms with Crippen molar-refractivity contribution in [3.63, 3.8) is 0 Å². The van der Waals surface area contributed by atoms with E-state index in [4.69, 9.17) is 5.73 Å². The molecule has 0 saturated carbocycles. The van der Waals surface area contributed by atoms with E-state index in [1.165, 1.54) is 0 Å². The lowest BCUT2D eigenvalue weighted by molar-refractivity contribution is 0.180. The second kappa shape index (κ2) is 4.00. The number of aliphatic hydroxyl groups is 1. The summed E-state index contributed by atoms with van der Waals surface area (Å²) in [6.45, 7) is 0.267. The number of aliphatic hydroxyl groups excluding tert-OH is 1. The van der Waals surface area contributed by atoms with Crippen molar-refractivity contribution >= 4 is 11.0 Å². The third kappa shape index (κ3) is 1.86. The lowest BCUT2D eigenvalue weighted by atomic mass is 10.2. The van der Waals surface area contributed by atoms with Crippen LogP contribution in [0.3, 0.4) is 0 Å². The first kappa shape index (κ1) is 10.1. The van der Waals surface area contributed by atoms with Crippen LogP contribution < -0.4 is 5.73 Å². The minimum atomic E-state index is -0.513. The van der Waals surface area contributed by atoms with Gasteiger partial charge in [-0.15, -0.1) is 0 Å². The highest BCUT2D eigenvalue weighted by atomic mass is 16.3. The first-order chi connectivity index (χ1) is 7.22. The summed E-state index contributed by atoms with van der Waals surface area (Å²) >= 11 is 0. The Bertz CT molecular complexity index is 464. The monoisotopic (exact) mass is 205 g/mol. The minimum Gasteiger partial charge on any atom is -0.391 e. The number of hydrogen-bond acceptors (Lipinski definition) is 3. The Morgan fingerprint density at radius 2 is 2.20 bits per heavy atom. The number of aromatic nitrogens is 2. The number of imidazole rings is 1. The number of fused-ring (bicyclic) bond motifs is 1. The Morgan fingerprint density at radius 1 is 1.47 bits per heavy atom. The zero-order valence-corrected chi connectivity index (χ0v) is 8.72. The lowest BCUT2D eigenvalue weighted by Crippen LogP contribution is -2.23. The van der Waals surface area contributed by atoms with Gasteiger partial charge in [0.2, 0.25) is 0 Å². The molecule has 3 N–H and O–H groups in total. The van der Waals surface area contributed by atoms with Crippen LogP contribution in [-0.4, -0.2) is 27.3 Å². The van der Waals surface area contributed by atoms with Gasteiger partial charge < -0.3 is 15.4 Å². The van der Waals surface area contributed by atoms with Gasteiger partial charge in [0.1, 0.15) is 5.82 Å². The van der Waals surface area contributed by atoms with Crippen molar-refractivity contribution in [2.24, 2.45) is 12.8 Å². The topological polar surface area (TPSA) is 64.1 Å². The maximum atomic E-state index is 9.48. The third-order valence-electron chi connectivity index (χ3n) is 2.57. The summed E-state index contributed by atoms with van der Waals surface area (Å²) in [4.78, 5) is 4.45. The summed E-state index contributed by atoms with van der Waals surface area (Å²) < 4.78 is 1.99. The second-order valence-electron chi connectivity index (χ2n) is 3.67. The van der Waals surface area contributed by atoms with Gasteiger partial charge in [-0.2, -0.15) is 0 Å². The average Bonchev–Trinajstić information content (AvgIpc) is 2.57. The number of rotatable bonds is 3. The predicted octanol–water partition coefficient (Wildman–Crippen LogP) is 0.435. The van der Waals surface area contributed by atoms with Crippen molar-refractivity contribution in [3.05, 3.63) is 30.1 Å². The molecular weight excluding hydrogens is 190 g/mol. The second-order valence-corrected chi connectivity index (χ2v) is 3.67. The van der Waals surface area contributed by atoms with E-state index in [0.717, 1.165) is 16.9 Å². The lowest BCUT2D eigenvalue weighted by Gasteiger charge is -2.06. The summed E-state index contributed by atoms with van der Waals surface area (Å²) in [5, 5.41) is 9.48. The maximum Gasteiger partial charge on any atom is 0.112 e. The number of para-hydroxylation sites is 2. The molecule has 1 aromatic carbocycles. The van der Waals surface area contributed by atoms with E-state index >= 15 is 0 Å². The van der Waals surface area contributed by atoms with Crippen molar-refractivity contribution in [2.75, 3.05) is 6.54 Å². The molecule has 80 valence electrons. The fourth-order valence-electron chi connectivity index (χ4n) is 1.67. The van der Waals surface area contributed by atoms with Gasteiger partial charge in [0, 0.05) is 20.0 Å². The molecule has 0 amide bonds. The number of benzene rings is 1. The Labute approximate surface area is 88.3 Å². The van der Waals surface area contributed by atoms with Crippen LogP contribution in [0.5, 0.6) is 0 Å². The summed E-state index contributed by atoms with van der Waals surface area (Å²) in [6, 6.07) is 7.92. The van der Waals surface area contributed by atoms with E-state index in [2.05, 4.69) is 4.98 Å². The Morgan fingerprint density at radius 3 is 2.87 bits per heavy atom. The highest BCUT2D eigenvalue weighted by Crippen LogP contribution is 2.14. The average molecular weight is 205 g/mol. The molecule has 0 bridgehead atoms. The predicted molar refractivity (Wildman–Crippen MR) is 59.5 cm³/mol. The van der Waals surface area contributed by atoms with Crippen LogP contribution in [0, 0.1) is 0 Å². The summed E-state index contributed by atoms with van der Waals surface area (Å²) in [5.74, 6) is 0.870. The summed E-state index contributed by atoms with van der Waals surface area (Å²) in [7, 11) is 1.95. The van der Waals surface area contributed by atoms with Gasteiger partial charge in [-0.05, 0) is 12.1 Å². The molecule has 2 rings (SSSR count). The molecule has 0 fully saturated rings. The van der Waals surface area contributed by atoms with Crippen LogP contribution in [0.4, 0.5) is 0 Å². The normalized spacial score (nSPS) is 13.3. The summed E-state index contributed by atoms with van der Waals surface area (Å²) in [5.41, 5.74) is 7.42. The molecule has 0 spiro atoms. The first-order valence-corrected chi connectivity index (χ1v) is 5.01. The maximum absolute atomic E-state index is 9.48. The van der Waals surface area contributed by atoms with Crippen molar-refractivity contribution in [1.82, 2.24) is 9.55 Å². The zero-order chi connectivity index (χ0) is 10.8. The van der Waals surface area contributed by atoms with Crippen molar-refractivity contribution in [1.29, 1.82) is 0 Å². The van der Waals surface area contributed by atoms with Gasteiger partial charge in [0.15, 0.2) is 0 Å². The molecule has 1 heterocycles.